The van der Waals surface area contributed by atoms with Gasteiger partial charge in [0.15, 0.2) is 9.84 Å². The first-order valence-corrected chi connectivity index (χ1v) is 6.73. The van der Waals surface area contributed by atoms with Crippen molar-refractivity contribution in [2.24, 2.45) is 5.73 Å². The van der Waals surface area contributed by atoms with Gasteiger partial charge in [-0.1, -0.05) is 6.92 Å². The van der Waals surface area contributed by atoms with Crippen LogP contribution >= 0.6 is 0 Å². The number of nitrogens with two attached hydrogens (primary N) is 1. The van der Waals surface area contributed by atoms with Crippen LogP contribution in [0.3, 0.4) is 0 Å². The Kier molecular flexibility index (Phi) is 4.09. The third-order valence-corrected chi connectivity index (χ3v) is 4.07. The molecule has 1 aromatic carbocycles. The zero-order valence-electron chi connectivity index (χ0n) is 9.78. The van der Waals surface area contributed by atoms with E-state index in [2.05, 4.69) is 0 Å². The largest absolute Gasteiger partial charge is 0.416 e. The number of nitrogens with one attached hydrogen (secondary N) is 1. The number of anilines is 1. The minimum atomic E-state index is -4.65. The molecule has 9 heteroatoms. The van der Waals surface area contributed by atoms with Crippen LogP contribution in [0.25, 0.3) is 0 Å². The third kappa shape index (κ3) is 3.60. The molecule has 0 aliphatic carbocycles. The van der Waals surface area contributed by atoms with Crippen LogP contribution in [-0.2, 0) is 16.0 Å². The van der Waals surface area contributed by atoms with Gasteiger partial charge in [-0.15, -0.1) is 0 Å². The number of carbonyl (C=O) groups excluding carboxylic acids is 1. The van der Waals surface area contributed by atoms with E-state index >= 15 is 0 Å². The molecule has 0 aliphatic rings. The van der Waals surface area contributed by atoms with Crippen molar-refractivity contribution in [1.82, 2.24) is 0 Å². The lowest BCUT2D eigenvalue weighted by Gasteiger charge is -2.13. The third-order valence-electron chi connectivity index (χ3n) is 2.28. The summed E-state index contributed by atoms with van der Waals surface area (Å²) in [5.41, 5.74) is 3.25. The lowest BCUT2D eigenvalue weighted by atomic mass is 10.2. The van der Waals surface area contributed by atoms with Gasteiger partial charge in [0.05, 0.1) is 21.9 Å². The fourth-order valence-electron chi connectivity index (χ4n) is 1.36. The molecule has 0 spiro atoms. The highest BCUT2D eigenvalue weighted by molar-refractivity contribution is 7.91. The summed E-state index contributed by atoms with van der Waals surface area (Å²) in [6.45, 7) is 1.33. The first kappa shape index (κ1) is 15.3. The van der Waals surface area contributed by atoms with Crippen molar-refractivity contribution < 1.29 is 26.4 Å². The Hall–Kier alpha value is -1.77. The van der Waals surface area contributed by atoms with Crippen LogP contribution in [0, 0.1) is 0 Å². The predicted octanol–water partition coefficient (Wildman–Crippen LogP) is 1.99. The van der Waals surface area contributed by atoms with Crippen molar-refractivity contribution in [3.05, 3.63) is 23.8 Å². The van der Waals surface area contributed by atoms with Crippen LogP contribution in [-0.4, -0.2) is 20.2 Å². The Morgan fingerprint density at radius 3 is 2.37 bits per heavy atom. The number of halogens is 3. The average molecular weight is 296 g/mol. The quantitative estimate of drug-likeness (QED) is 0.893. The molecule has 2 amide bonds. The fraction of sp³-hybridized carbons (Fsp3) is 0.300. The van der Waals surface area contributed by atoms with Gasteiger partial charge < -0.3 is 11.1 Å². The molecular weight excluding hydrogens is 285 g/mol. The number of primary amides is 1. The molecule has 3 N–H and O–H groups in total. The molecular formula is C10H11F3N2O3S. The molecule has 106 valence electrons. The van der Waals surface area contributed by atoms with E-state index in [1.807, 2.05) is 5.32 Å². The molecule has 0 saturated carbocycles. The van der Waals surface area contributed by atoms with Gasteiger partial charge in [-0.25, -0.2) is 13.2 Å². The summed E-state index contributed by atoms with van der Waals surface area (Å²) >= 11 is 0. The van der Waals surface area contributed by atoms with Gasteiger partial charge in [0, 0.05) is 0 Å². The molecule has 0 aromatic heterocycles. The second kappa shape index (κ2) is 5.08. The second-order valence-corrected chi connectivity index (χ2v) is 5.85. The molecule has 1 rings (SSSR count). The van der Waals surface area contributed by atoms with E-state index in [0.29, 0.717) is 12.1 Å². The first-order valence-electron chi connectivity index (χ1n) is 5.08. The Labute approximate surface area is 107 Å². The smallest absolute Gasteiger partial charge is 0.351 e. The molecule has 0 fully saturated rings. The maximum absolute atomic E-state index is 12.5. The number of sulfone groups is 1. The number of carbonyl (C=O) groups is 1. The number of rotatable bonds is 3. The number of amides is 2. The van der Waals surface area contributed by atoms with Gasteiger partial charge in [-0.2, -0.15) is 13.2 Å². The molecule has 0 atom stereocenters. The molecule has 0 bridgehead atoms. The lowest BCUT2D eigenvalue weighted by molar-refractivity contribution is -0.137. The van der Waals surface area contributed by atoms with Crippen molar-refractivity contribution in [2.45, 2.75) is 18.0 Å². The van der Waals surface area contributed by atoms with Gasteiger partial charge in [0.2, 0.25) is 0 Å². The van der Waals surface area contributed by atoms with Crippen LogP contribution in [0.1, 0.15) is 12.5 Å². The SMILES string of the molecule is CCS(=O)(=O)c1ccc(C(F)(F)F)cc1NC(N)=O. The van der Waals surface area contributed by atoms with E-state index in [0.717, 1.165) is 6.07 Å². The van der Waals surface area contributed by atoms with Crippen molar-refractivity contribution in [3.63, 3.8) is 0 Å². The highest BCUT2D eigenvalue weighted by atomic mass is 32.2. The molecule has 5 nitrogen and oxygen atoms in total. The van der Waals surface area contributed by atoms with E-state index in [1.54, 1.807) is 0 Å². The Morgan fingerprint density at radius 2 is 1.95 bits per heavy atom. The van der Waals surface area contributed by atoms with Crippen LogP contribution in [0.4, 0.5) is 23.7 Å². The van der Waals surface area contributed by atoms with Crippen molar-refractivity contribution in [2.75, 3.05) is 11.1 Å². The zero-order chi connectivity index (χ0) is 14.8. The summed E-state index contributed by atoms with van der Waals surface area (Å²) in [5, 5.41) is 1.89. The van der Waals surface area contributed by atoms with Crippen LogP contribution in [0.15, 0.2) is 23.1 Å². The summed E-state index contributed by atoms with van der Waals surface area (Å²) in [4.78, 5) is 10.3. The molecule has 19 heavy (non-hydrogen) atoms. The van der Waals surface area contributed by atoms with E-state index in [1.165, 1.54) is 6.92 Å². The van der Waals surface area contributed by atoms with Crippen molar-refractivity contribution >= 4 is 21.6 Å². The standard InChI is InChI=1S/C10H11F3N2O3S/c1-2-19(17,18)8-4-3-6(10(11,12)13)5-7(8)15-9(14)16/h3-5H,2H2,1H3,(H3,14,15,16). The Balaban J connectivity index is 3.45. The van der Waals surface area contributed by atoms with Crippen molar-refractivity contribution in [1.29, 1.82) is 0 Å². The topological polar surface area (TPSA) is 89.3 Å². The summed E-state index contributed by atoms with van der Waals surface area (Å²) in [6.07, 6.45) is -4.65. The summed E-state index contributed by atoms with van der Waals surface area (Å²) in [5.74, 6) is -0.314. The van der Waals surface area contributed by atoms with Gasteiger partial charge in [-0.05, 0) is 18.2 Å². The van der Waals surface area contributed by atoms with Gasteiger partial charge in [0.1, 0.15) is 0 Å². The van der Waals surface area contributed by atoms with Crippen LogP contribution in [0.5, 0.6) is 0 Å². The fourth-order valence-corrected chi connectivity index (χ4v) is 2.39. The normalized spacial score (nSPS) is 12.2. The maximum Gasteiger partial charge on any atom is 0.416 e. The minimum absolute atomic E-state index is 0.314. The van der Waals surface area contributed by atoms with Crippen LogP contribution in [0.2, 0.25) is 0 Å². The number of benzene rings is 1. The average Bonchev–Trinajstić information content (AvgIpc) is 2.26. The summed E-state index contributed by atoms with van der Waals surface area (Å²) in [6, 6.07) is 0.821. The van der Waals surface area contributed by atoms with E-state index < -0.39 is 38.2 Å². The highest BCUT2D eigenvalue weighted by Crippen LogP contribution is 2.33. The molecule has 0 unspecified atom stereocenters. The van der Waals surface area contributed by atoms with Gasteiger partial charge >= 0.3 is 12.2 Å². The van der Waals surface area contributed by atoms with E-state index in [4.69, 9.17) is 5.73 Å². The zero-order valence-corrected chi connectivity index (χ0v) is 10.6. The molecule has 0 heterocycles. The van der Waals surface area contributed by atoms with Gasteiger partial charge in [0.25, 0.3) is 0 Å². The second-order valence-electron chi connectivity index (χ2n) is 3.60. The predicted molar refractivity (Wildman–Crippen MR) is 62.4 cm³/mol. The number of hydrogen-bond acceptors (Lipinski definition) is 3. The van der Waals surface area contributed by atoms with Crippen LogP contribution < -0.4 is 11.1 Å². The van der Waals surface area contributed by atoms with Crippen molar-refractivity contribution in [3.8, 4) is 0 Å². The lowest BCUT2D eigenvalue weighted by Crippen LogP contribution is -2.22. The summed E-state index contributed by atoms with van der Waals surface area (Å²) in [7, 11) is -3.77. The number of alkyl halides is 3. The first-order chi connectivity index (χ1) is 8.58. The van der Waals surface area contributed by atoms with Gasteiger partial charge in [-0.3, -0.25) is 0 Å². The molecule has 0 saturated heterocycles. The number of hydrogen-bond donors (Lipinski definition) is 2. The summed E-state index contributed by atoms with van der Waals surface area (Å²) < 4.78 is 60.9. The number of urea groups is 1. The Morgan fingerprint density at radius 1 is 1.37 bits per heavy atom. The molecule has 0 radical (unpaired) electrons. The minimum Gasteiger partial charge on any atom is -0.351 e. The van der Waals surface area contributed by atoms with E-state index in [9.17, 15) is 26.4 Å². The molecule has 1 aromatic rings. The Bertz CT molecular complexity index is 597. The molecule has 0 aliphatic heterocycles. The monoisotopic (exact) mass is 296 g/mol. The van der Waals surface area contributed by atoms with E-state index in [-0.39, 0.29) is 5.75 Å². The maximum atomic E-state index is 12.5. The highest BCUT2D eigenvalue weighted by Gasteiger charge is 2.32.